The van der Waals surface area contributed by atoms with Crippen LogP contribution in [-0.4, -0.2) is 59.5 Å². The van der Waals surface area contributed by atoms with E-state index < -0.39 is 10.0 Å². The Hall–Kier alpha value is -2.62. The first-order valence-corrected chi connectivity index (χ1v) is 13.0. The average molecular weight is 469 g/mol. The summed E-state index contributed by atoms with van der Waals surface area (Å²) < 4.78 is 30.6. The summed E-state index contributed by atoms with van der Waals surface area (Å²) in [5.41, 5.74) is 3.91. The van der Waals surface area contributed by atoms with Crippen LogP contribution in [-0.2, 0) is 10.0 Å². The molecule has 1 N–H and O–H groups in total. The Balaban J connectivity index is 1.49. The number of sulfonamides is 1. The number of likely N-dealkylation sites (tertiary alicyclic amines) is 1. The lowest BCUT2D eigenvalue weighted by molar-refractivity contribution is 0.290. The monoisotopic (exact) mass is 468 g/mol. The van der Waals surface area contributed by atoms with Crippen molar-refractivity contribution in [3.63, 3.8) is 0 Å². The van der Waals surface area contributed by atoms with Crippen molar-refractivity contribution in [1.29, 1.82) is 0 Å². The molecule has 1 aliphatic rings. The Bertz CT molecular complexity index is 1200. The molecule has 0 bridgehead atoms. The van der Waals surface area contributed by atoms with Gasteiger partial charge in [-0.15, -0.1) is 10.2 Å². The van der Waals surface area contributed by atoms with E-state index in [4.69, 9.17) is 0 Å². The van der Waals surface area contributed by atoms with E-state index in [1.807, 2.05) is 51.1 Å². The first-order valence-electron chi connectivity index (χ1n) is 11.5. The van der Waals surface area contributed by atoms with Crippen LogP contribution in [0.4, 0.5) is 0 Å². The first-order chi connectivity index (χ1) is 15.8. The van der Waals surface area contributed by atoms with Crippen molar-refractivity contribution < 1.29 is 8.42 Å². The third kappa shape index (κ3) is 5.66. The van der Waals surface area contributed by atoms with Gasteiger partial charge in [-0.3, -0.25) is 0 Å². The number of nitrogens with one attached hydrogen (secondary N) is 1. The zero-order chi connectivity index (χ0) is 23.4. The molecule has 3 heterocycles. The van der Waals surface area contributed by atoms with Crippen molar-refractivity contribution in [3.8, 4) is 17.1 Å². The lowest BCUT2D eigenvalue weighted by Crippen LogP contribution is -2.35. The van der Waals surface area contributed by atoms with Crippen LogP contribution >= 0.6 is 0 Å². The molecule has 9 heteroatoms. The molecule has 0 radical (unpaired) electrons. The highest BCUT2D eigenvalue weighted by atomic mass is 32.2. The maximum Gasteiger partial charge on any atom is 0.240 e. The van der Waals surface area contributed by atoms with Crippen molar-refractivity contribution >= 4 is 10.0 Å². The molecule has 4 rings (SSSR count). The third-order valence-corrected chi connectivity index (χ3v) is 7.67. The number of nitrogens with zero attached hydrogens (tertiary/aromatic N) is 5. The van der Waals surface area contributed by atoms with E-state index in [9.17, 15) is 8.42 Å². The maximum atomic E-state index is 13.0. The van der Waals surface area contributed by atoms with Crippen LogP contribution in [0.2, 0.25) is 0 Å². The Labute approximate surface area is 196 Å². The number of hydrogen-bond donors (Lipinski definition) is 1. The van der Waals surface area contributed by atoms with Gasteiger partial charge in [0.1, 0.15) is 0 Å². The second-order valence-corrected chi connectivity index (χ2v) is 10.5. The number of rotatable bonds is 7. The quantitative estimate of drug-likeness (QED) is 0.571. The Morgan fingerprint density at radius 3 is 2.33 bits per heavy atom. The van der Waals surface area contributed by atoms with Crippen LogP contribution in [0.5, 0.6) is 0 Å². The fraction of sp³-hybridized carbons (Fsp3) is 0.458. The average Bonchev–Trinajstić information content (AvgIpc) is 2.97. The Kier molecular flexibility index (Phi) is 7.21. The van der Waals surface area contributed by atoms with Gasteiger partial charge in [0.15, 0.2) is 5.82 Å². The predicted molar refractivity (Wildman–Crippen MR) is 129 cm³/mol. The van der Waals surface area contributed by atoms with Crippen molar-refractivity contribution in [2.45, 2.75) is 51.3 Å². The normalized spacial score (nSPS) is 15.5. The Morgan fingerprint density at radius 1 is 0.939 bits per heavy atom. The van der Waals surface area contributed by atoms with Gasteiger partial charge in [-0.05, 0) is 76.5 Å². The van der Waals surface area contributed by atoms with Gasteiger partial charge in [0.2, 0.25) is 10.0 Å². The van der Waals surface area contributed by atoms with E-state index >= 15 is 0 Å². The summed E-state index contributed by atoms with van der Waals surface area (Å²) in [5, 5.41) is 13.1. The molecule has 33 heavy (non-hydrogen) atoms. The van der Waals surface area contributed by atoms with Gasteiger partial charge in [0.25, 0.3) is 0 Å². The second kappa shape index (κ2) is 10.1. The zero-order valence-electron chi connectivity index (χ0n) is 19.6. The van der Waals surface area contributed by atoms with Crippen LogP contribution < -0.4 is 4.72 Å². The molecule has 1 fully saturated rings. The van der Waals surface area contributed by atoms with Crippen molar-refractivity contribution in [2.24, 2.45) is 0 Å². The van der Waals surface area contributed by atoms with Crippen molar-refractivity contribution in [1.82, 2.24) is 29.6 Å². The van der Waals surface area contributed by atoms with E-state index in [-0.39, 0.29) is 4.90 Å². The fourth-order valence-corrected chi connectivity index (χ4v) is 5.57. The Morgan fingerprint density at radius 2 is 1.70 bits per heavy atom. The largest absolute Gasteiger partial charge is 0.302 e. The SMILES string of the molecule is Cc1cc(C)n(-c2ccc(-c3ccc(C)c(S(=O)(=O)NCCN4CCCCCC4)c3)nn2)n1. The van der Waals surface area contributed by atoms with E-state index in [1.165, 1.54) is 25.7 Å². The van der Waals surface area contributed by atoms with Crippen LogP contribution in [0, 0.1) is 20.8 Å². The van der Waals surface area contributed by atoms with Crippen LogP contribution in [0.3, 0.4) is 0 Å². The highest BCUT2D eigenvalue weighted by molar-refractivity contribution is 7.89. The first kappa shape index (κ1) is 23.5. The standard InChI is InChI=1S/C24H32N6O2S/c1-18-8-9-21(22-10-11-24(27-26-22)30-20(3)16-19(2)28-30)17-23(18)33(31,32)25-12-15-29-13-6-4-5-7-14-29/h8-11,16-17,25H,4-7,12-15H2,1-3H3. The molecule has 0 atom stereocenters. The number of hydrogen-bond acceptors (Lipinski definition) is 6. The summed E-state index contributed by atoms with van der Waals surface area (Å²) in [4.78, 5) is 2.62. The summed E-state index contributed by atoms with van der Waals surface area (Å²) in [5.74, 6) is 0.625. The number of aryl methyl sites for hydroxylation is 3. The molecule has 0 amide bonds. The molecule has 176 valence electrons. The van der Waals surface area contributed by atoms with Gasteiger partial charge in [-0.2, -0.15) is 5.10 Å². The molecule has 1 aliphatic heterocycles. The lowest BCUT2D eigenvalue weighted by Gasteiger charge is -2.20. The van der Waals surface area contributed by atoms with E-state index in [1.54, 1.807) is 10.7 Å². The van der Waals surface area contributed by atoms with E-state index in [0.29, 0.717) is 29.2 Å². The van der Waals surface area contributed by atoms with Gasteiger partial charge in [0.05, 0.1) is 16.3 Å². The van der Waals surface area contributed by atoms with Gasteiger partial charge in [-0.1, -0.05) is 25.0 Å². The minimum Gasteiger partial charge on any atom is -0.302 e. The fourth-order valence-electron chi connectivity index (χ4n) is 4.28. The topological polar surface area (TPSA) is 93.0 Å². The minimum atomic E-state index is -3.62. The second-order valence-electron chi connectivity index (χ2n) is 8.75. The summed E-state index contributed by atoms with van der Waals surface area (Å²) in [6.07, 6.45) is 4.90. The summed E-state index contributed by atoms with van der Waals surface area (Å²) in [6, 6.07) is 11.0. The van der Waals surface area contributed by atoms with E-state index in [2.05, 4.69) is 24.9 Å². The van der Waals surface area contributed by atoms with Crippen LogP contribution in [0.15, 0.2) is 41.3 Å². The molecule has 0 spiro atoms. The molecule has 3 aromatic rings. The highest BCUT2D eigenvalue weighted by Crippen LogP contribution is 2.24. The van der Waals surface area contributed by atoms with Gasteiger partial charge in [-0.25, -0.2) is 17.8 Å². The van der Waals surface area contributed by atoms with Gasteiger partial charge >= 0.3 is 0 Å². The number of aromatic nitrogens is 4. The summed E-state index contributed by atoms with van der Waals surface area (Å²) >= 11 is 0. The van der Waals surface area contributed by atoms with E-state index in [0.717, 1.165) is 31.0 Å². The summed E-state index contributed by atoms with van der Waals surface area (Å²) in [7, 11) is -3.62. The third-order valence-electron chi connectivity index (χ3n) is 6.07. The minimum absolute atomic E-state index is 0.278. The predicted octanol–water partition coefficient (Wildman–Crippen LogP) is 3.41. The van der Waals surface area contributed by atoms with Gasteiger partial charge < -0.3 is 4.90 Å². The smallest absolute Gasteiger partial charge is 0.240 e. The molecular formula is C24H32N6O2S. The molecule has 0 saturated carbocycles. The maximum absolute atomic E-state index is 13.0. The lowest BCUT2D eigenvalue weighted by atomic mass is 10.1. The molecule has 2 aromatic heterocycles. The highest BCUT2D eigenvalue weighted by Gasteiger charge is 2.19. The van der Waals surface area contributed by atoms with Crippen LogP contribution in [0.1, 0.15) is 42.6 Å². The molecule has 0 aliphatic carbocycles. The van der Waals surface area contributed by atoms with Crippen LogP contribution in [0.25, 0.3) is 17.1 Å². The molecular weight excluding hydrogens is 436 g/mol. The van der Waals surface area contributed by atoms with Gasteiger partial charge in [0, 0.05) is 24.3 Å². The van der Waals surface area contributed by atoms with Crippen molar-refractivity contribution in [3.05, 3.63) is 53.3 Å². The number of benzene rings is 1. The molecule has 0 unspecified atom stereocenters. The zero-order valence-corrected chi connectivity index (χ0v) is 20.4. The molecule has 1 saturated heterocycles. The van der Waals surface area contributed by atoms with Crippen molar-refractivity contribution in [2.75, 3.05) is 26.2 Å². The molecule has 8 nitrogen and oxygen atoms in total. The molecule has 1 aromatic carbocycles. The summed E-state index contributed by atoms with van der Waals surface area (Å²) in [6.45, 7) is 8.93.